The van der Waals surface area contributed by atoms with Gasteiger partial charge in [-0.05, 0) is 39.6 Å². The Kier molecular flexibility index (Phi) is 3.47. The lowest BCUT2D eigenvalue weighted by molar-refractivity contribution is -0.149. The molecule has 0 radical (unpaired) electrons. The highest BCUT2D eigenvalue weighted by Gasteiger charge is 2.43. The van der Waals surface area contributed by atoms with Crippen LogP contribution in [0.4, 0.5) is 0 Å². The van der Waals surface area contributed by atoms with Crippen LogP contribution in [0.15, 0.2) is 21.7 Å². The Hall–Kier alpha value is -1.69. The van der Waals surface area contributed by atoms with E-state index in [1.807, 2.05) is 32.0 Å². The molecule has 2 rings (SSSR count). The number of hydrogen-bond acceptors (Lipinski definition) is 6. The fourth-order valence-corrected chi connectivity index (χ4v) is 2.01. The van der Waals surface area contributed by atoms with Crippen LogP contribution in [0.1, 0.15) is 13.8 Å². The van der Waals surface area contributed by atoms with Gasteiger partial charge in [0.25, 0.3) is 0 Å². The summed E-state index contributed by atoms with van der Waals surface area (Å²) in [5.74, 6) is 0.423. The summed E-state index contributed by atoms with van der Waals surface area (Å²) in [7, 11) is 3.78. The van der Waals surface area contributed by atoms with Crippen molar-refractivity contribution in [3.8, 4) is 0 Å². The number of hydrazone groups is 1. The molecule has 0 aromatic heterocycles. The molecule has 6 heteroatoms. The summed E-state index contributed by atoms with van der Waals surface area (Å²) >= 11 is 0. The molecule has 18 heavy (non-hydrogen) atoms. The van der Waals surface area contributed by atoms with E-state index in [1.165, 1.54) is 0 Å². The second kappa shape index (κ2) is 4.89. The van der Waals surface area contributed by atoms with Gasteiger partial charge in [-0.25, -0.2) is 14.8 Å². The normalized spacial score (nSPS) is 25.9. The summed E-state index contributed by atoms with van der Waals surface area (Å²) in [6.07, 6.45) is 3.38. The molecule has 0 N–H and O–H groups in total. The molecular formula is C12H18N4O2. The SMILES string of the molecule is CCOC(=O)C1C(N(C)C)N=C2C=C(C)C=NN21. The van der Waals surface area contributed by atoms with E-state index >= 15 is 0 Å². The lowest BCUT2D eigenvalue weighted by atomic mass is 10.2. The summed E-state index contributed by atoms with van der Waals surface area (Å²) in [6, 6.07) is -0.504. The monoisotopic (exact) mass is 250 g/mol. The third-order valence-electron chi connectivity index (χ3n) is 2.84. The number of ether oxygens (including phenoxy) is 1. The maximum Gasteiger partial charge on any atom is 0.334 e. The van der Waals surface area contributed by atoms with Gasteiger partial charge in [-0.2, -0.15) is 5.10 Å². The van der Waals surface area contributed by atoms with Crippen molar-refractivity contribution in [1.29, 1.82) is 0 Å². The zero-order chi connectivity index (χ0) is 13.3. The van der Waals surface area contributed by atoms with E-state index in [0.717, 1.165) is 5.57 Å². The first-order valence-corrected chi connectivity index (χ1v) is 5.97. The molecule has 0 saturated carbocycles. The van der Waals surface area contributed by atoms with Gasteiger partial charge in [-0.1, -0.05) is 0 Å². The van der Waals surface area contributed by atoms with Gasteiger partial charge in [0.2, 0.25) is 0 Å². The number of fused-ring (bicyclic) bond motifs is 1. The molecule has 2 aliphatic rings. The summed E-state index contributed by atoms with van der Waals surface area (Å²) in [5, 5.41) is 5.91. The van der Waals surface area contributed by atoms with Crippen LogP contribution in [-0.4, -0.2) is 60.8 Å². The first-order chi connectivity index (χ1) is 8.54. The zero-order valence-electron chi connectivity index (χ0n) is 11.1. The van der Waals surface area contributed by atoms with E-state index in [1.54, 1.807) is 18.1 Å². The van der Waals surface area contributed by atoms with Crippen molar-refractivity contribution < 1.29 is 9.53 Å². The number of carbonyl (C=O) groups excluding carboxylic acids is 1. The predicted octanol–water partition coefficient (Wildman–Crippen LogP) is 0.466. The first kappa shape index (κ1) is 12.8. The molecule has 2 unspecified atom stereocenters. The number of nitrogens with zero attached hydrogens (tertiary/aromatic N) is 4. The number of likely N-dealkylation sites (N-methyl/N-ethyl adjacent to an activating group) is 1. The Morgan fingerprint density at radius 3 is 2.89 bits per heavy atom. The van der Waals surface area contributed by atoms with Crippen molar-refractivity contribution in [3.63, 3.8) is 0 Å². The highest BCUT2D eigenvalue weighted by Crippen LogP contribution is 2.24. The maximum atomic E-state index is 12.0. The van der Waals surface area contributed by atoms with E-state index in [4.69, 9.17) is 4.74 Å². The van der Waals surface area contributed by atoms with Crippen LogP contribution in [-0.2, 0) is 9.53 Å². The smallest absolute Gasteiger partial charge is 0.334 e. The standard InChI is InChI=1S/C12H18N4O2/c1-5-18-12(17)10-11(15(3)4)14-9-6-8(2)7-13-16(9)10/h6-7,10-11H,5H2,1-4H3. The molecule has 2 heterocycles. The van der Waals surface area contributed by atoms with Crippen LogP contribution in [0.3, 0.4) is 0 Å². The summed E-state index contributed by atoms with van der Waals surface area (Å²) < 4.78 is 5.11. The number of allylic oxidation sites excluding steroid dienone is 1. The van der Waals surface area contributed by atoms with Crippen LogP contribution < -0.4 is 0 Å². The molecule has 0 aromatic carbocycles. The van der Waals surface area contributed by atoms with Crippen LogP contribution >= 0.6 is 0 Å². The van der Waals surface area contributed by atoms with Crippen molar-refractivity contribution >= 4 is 18.0 Å². The topological polar surface area (TPSA) is 57.5 Å². The van der Waals surface area contributed by atoms with Gasteiger partial charge < -0.3 is 4.74 Å². The molecular weight excluding hydrogens is 232 g/mol. The number of hydrogen-bond donors (Lipinski definition) is 0. The Bertz CT molecular complexity index is 439. The molecule has 0 aromatic rings. The van der Waals surface area contributed by atoms with Crippen molar-refractivity contribution in [2.24, 2.45) is 10.1 Å². The third-order valence-corrected chi connectivity index (χ3v) is 2.84. The average Bonchev–Trinajstić information content (AvgIpc) is 2.67. The molecule has 6 nitrogen and oxygen atoms in total. The maximum absolute atomic E-state index is 12.0. The Labute approximate surface area is 107 Å². The molecule has 0 fully saturated rings. The van der Waals surface area contributed by atoms with Gasteiger partial charge in [0.05, 0.1) is 12.8 Å². The molecule has 0 bridgehead atoms. The van der Waals surface area contributed by atoms with Crippen molar-refractivity contribution in [2.75, 3.05) is 20.7 Å². The molecule has 0 aliphatic carbocycles. The van der Waals surface area contributed by atoms with Gasteiger partial charge >= 0.3 is 5.97 Å². The third kappa shape index (κ3) is 2.15. The second-order valence-corrected chi connectivity index (χ2v) is 4.54. The van der Waals surface area contributed by atoms with E-state index in [0.29, 0.717) is 12.4 Å². The minimum Gasteiger partial charge on any atom is -0.464 e. The lowest BCUT2D eigenvalue weighted by Crippen LogP contribution is -2.48. The number of rotatable bonds is 3. The van der Waals surface area contributed by atoms with Gasteiger partial charge in [-0.3, -0.25) is 4.90 Å². The van der Waals surface area contributed by atoms with E-state index in [-0.39, 0.29) is 12.1 Å². The van der Waals surface area contributed by atoms with Crippen LogP contribution in [0.5, 0.6) is 0 Å². The quantitative estimate of drug-likeness (QED) is 0.683. The molecule has 0 spiro atoms. The van der Waals surface area contributed by atoms with Crippen LogP contribution in [0.2, 0.25) is 0 Å². The summed E-state index contributed by atoms with van der Waals surface area (Å²) in [6.45, 7) is 4.10. The highest BCUT2D eigenvalue weighted by molar-refractivity contribution is 6.04. The lowest BCUT2D eigenvalue weighted by Gasteiger charge is -2.27. The highest BCUT2D eigenvalue weighted by atomic mass is 16.5. The average molecular weight is 250 g/mol. The predicted molar refractivity (Wildman–Crippen MR) is 69.4 cm³/mol. The van der Waals surface area contributed by atoms with Gasteiger partial charge in [-0.15, -0.1) is 0 Å². The largest absolute Gasteiger partial charge is 0.464 e. The van der Waals surface area contributed by atoms with E-state index in [9.17, 15) is 4.79 Å². The van der Waals surface area contributed by atoms with E-state index in [2.05, 4.69) is 10.1 Å². The van der Waals surface area contributed by atoms with Gasteiger partial charge in [0.15, 0.2) is 6.04 Å². The van der Waals surface area contributed by atoms with Crippen LogP contribution in [0.25, 0.3) is 0 Å². The fraction of sp³-hybridized carbons (Fsp3) is 0.583. The van der Waals surface area contributed by atoms with Crippen LogP contribution in [0, 0.1) is 0 Å². The number of carbonyl (C=O) groups is 1. The van der Waals surface area contributed by atoms with E-state index < -0.39 is 6.04 Å². The Morgan fingerprint density at radius 2 is 2.28 bits per heavy atom. The molecule has 2 aliphatic heterocycles. The molecule has 98 valence electrons. The fourth-order valence-electron chi connectivity index (χ4n) is 2.01. The number of amidine groups is 1. The molecule has 0 amide bonds. The minimum absolute atomic E-state index is 0.265. The van der Waals surface area contributed by atoms with Crippen molar-refractivity contribution in [3.05, 3.63) is 11.6 Å². The number of esters is 1. The summed E-state index contributed by atoms with van der Waals surface area (Å²) in [5.41, 5.74) is 1.02. The minimum atomic E-state index is -0.504. The first-order valence-electron chi connectivity index (χ1n) is 5.97. The molecule has 0 saturated heterocycles. The van der Waals surface area contributed by atoms with Crippen molar-refractivity contribution in [1.82, 2.24) is 9.91 Å². The zero-order valence-corrected chi connectivity index (χ0v) is 11.1. The number of aliphatic imine (C=N–C) groups is 1. The summed E-state index contributed by atoms with van der Waals surface area (Å²) in [4.78, 5) is 18.5. The Morgan fingerprint density at radius 1 is 1.56 bits per heavy atom. The Balaban J connectivity index is 2.29. The molecule has 2 atom stereocenters. The van der Waals surface area contributed by atoms with Gasteiger partial charge in [0.1, 0.15) is 12.0 Å². The second-order valence-electron chi connectivity index (χ2n) is 4.54. The van der Waals surface area contributed by atoms with Gasteiger partial charge in [0, 0.05) is 0 Å². The van der Waals surface area contributed by atoms with Crippen molar-refractivity contribution in [2.45, 2.75) is 26.1 Å².